The smallest absolute Gasteiger partial charge is 0.238 e. The molecule has 0 fully saturated rings. The molecule has 0 saturated heterocycles. The van der Waals surface area contributed by atoms with E-state index in [1.54, 1.807) is 13.2 Å². The zero-order valence-electron chi connectivity index (χ0n) is 17.1. The van der Waals surface area contributed by atoms with E-state index in [4.69, 9.17) is 9.47 Å². The van der Waals surface area contributed by atoms with Gasteiger partial charge in [-0.25, -0.2) is 0 Å². The predicted molar refractivity (Wildman–Crippen MR) is 111 cm³/mol. The van der Waals surface area contributed by atoms with Gasteiger partial charge in [0.1, 0.15) is 24.2 Å². The molecule has 0 aliphatic rings. The summed E-state index contributed by atoms with van der Waals surface area (Å²) < 4.78 is 10.9. The summed E-state index contributed by atoms with van der Waals surface area (Å²) in [4.78, 5) is 14.2. The van der Waals surface area contributed by atoms with Crippen LogP contribution in [0.2, 0.25) is 0 Å². The maximum absolute atomic E-state index is 12.3. The van der Waals surface area contributed by atoms with Crippen molar-refractivity contribution < 1.29 is 19.4 Å². The number of carbonyl (C=O) groups is 1. The second-order valence-electron chi connectivity index (χ2n) is 6.90. The van der Waals surface area contributed by atoms with Crippen LogP contribution in [0.25, 0.3) is 0 Å². The van der Waals surface area contributed by atoms with Crippen LogP contribution in [-0.4, -0.2) is 55.4 Å². The Hall–Kier alpha value is -2.57. The maximum atomic E-state index is 12.3. The van der Waals surface area contributed by atoms with Gasteiger partial charge in [-0.3, -0.25) is 9.69 Å². The van der Waals surface area contributed by atoms with E-state index in [-0.39, 0.29) is 19.1 Å². The lowest BCUT2D eigenvalue weighted by molar-refractivity contribution is -0.117. The van der Waals surface area contributed by atoms with Gasteiger partial charge in [0.05, 0.1) is 13.7 Å². The zero-order chi connectivity index (χ0) is 20.5. The number of likely N-dealkylation sites (N-methyl/N-ethyl adjacent to an activating group) is 1. The van der Waals surface area contributed by atoms with Gasteiger partial charge in [0.15, 0.2) is 0 Å². The van der Waals surface area contributed by atoms with E-state index in [1.807, 2.05) is 56.0 Å². The average Bonchev–Trinajstić information content (AvgIpc) is 2.65. The Kier molecular flexibility index (Phi) is 8.29. The average molecular weight is 386 g/mol. The van der Waals surface area contributed by atoms with Crippen molar-refractivity contribution in [3.63, 3.8) is 0 Å². The minimum absolute atomic E-state index is 0.141. The first-order chi connectivity index (χ1) is 13.4. The minimum atomic E-state index is -0.689. The molecule has 152 valence electrons. The first kappa shape index (κ1) is 21.7. The molecular formula is C22H30N2O4. The highest BCUT2D eigenvalue weighted by Crippen LogP contribution is 2.17. The van der Waals surface area contributed by atoms with Crippen LogP contribution in [0.3, 0.4) is 0 Å². The number of benzene rings is 2. The summed E-state index contributed by atoms with van der Waals surface area (Å²) in [6, 6.07) is 13.2. The van der Waals surface area contributed by atoms with E-state index < -0.39 is 6.10 Å². The van der Waals surface area contributed by atoms with Gasteiger partial charge in [-0.1, -0.05) is 19.1 Å². The third kappa shape index (κ3) is 7.21. The van der Waals surface area contributed by atoms with Crippen molar-refractivity contribution in [1.29, 1.82) is 0 Å². The van der Waals surface area contributed by atoms with Crippen LogP contribution >= 0.6 is 0 Å². The molecule has 28 heavy (non-hydrogen) atoms. The third-order valence-corrected chi connectivity index (χ3v) is 4.27. The molecular weight excluding hydrogens is 356 g/mol. The molecule has 1 unspecified atom stereocenters. The SMILES string of the molecule is CCN(CC(=O)Nc1cccc(OC)c1)CC(O)COc1cc(C)cc(C)c1. The largest absolute Gasteiger partial charge is 0.497 e. The number of amides is 1. The number of aryl methyl sites for hydroxylation is 2. The number of nitrogens with zero attached hydrogens (tertiary/aromatic N) is 1. The molecule has 1 atom stereocenters. The Labute approximate surface area is 167 Å². The summed E-state index contributed by atoms with van der Waals surface area (Å²) >= 11 is 0. The number of hydrogen-bond acceptors (Lipinski definition) is 5. The molecule has 6 nitrogen and oxygen atoms in total. The van der Waals surface area contributed by atoms with Crippen LogP contribution < -0.4 is 14.8 Å². The topological polar surface area (TPSA) is 71.0 Å². The summed E-state index contributed by atoms with van der Waals surface area (Å²) in [5.74, 6) is 1.29. The summed E-state index contributed by atoms with van der Waals surface area (Å²) in [7, 11) is 1.58. The lowest BCUT2D eigenvalue weighted by Gasteiger charge is -2.23. The lowest BCUT2D eigenvalue weighted by atomic mass is 10.1. The quantitative estimate of drug-likeness (QED) is 0.657. The molecule has 0 spiro atoms. The van der Waals surface area contributed by atoms with Crippen molar-refractivity contribution in [3.8, 4) is 11.5 Å². The van der Waals surface area contributed by atoms with Gasteiger partial charge in [0.2, 0.25) is 5.91 Å². The van der Waals surface area contributed by atoms with Crippen molar-refractivity contribution in [1.82, 2.24) is 4.90 Å². The van der Waals surface area contributed by atoms with Crippen LogP contribution in [-0.2, 0) is 4.79 Å². The number of carbonyl (C=O) groups excluding carboxylic acids is 1. The highest BCUT2D eigenvalue weighted by molar-refractivity contribution is 5.92. The second kappa shape index (κ2) is 10.7. The van der Waals surface area contributed by atoms with Crippen molar-refractivity contribution in [2.45, 2.75) is 26.9 Å². The van der Waals surface area contributed by atoms with Gasteiger partial charge in [-0.15, -0.1) is 0 Å². The summed E-state index contributed by atoms with van der Waals surface area (Å²) in [5, 5.41) is 13.2. The van der Waals surface area contributed by atoms with E-state index in [2.05, 4.69) is 11.4 Å². The van der Waals surface area contributed by atoms with E-state index in [9.17, 15) is 9.90 Å². The normalized spacial score (nSPS) is 11.9. The van der Waals surface area contributed by atoms with Gasteiger partial charge < -0.3 is 19.9 Å². The Morgan fingerprint density at radius 1 is 1.14 bits per heavy atom. The number of nitrogens with one attached hydrogen (secondary N) is 1. The molecule has 2 N–H and O–H groups in total. The maximum Gasteiger partial charge on any atom is 0.238 e. The Morgan fingerprint density at radius 2 is 1.86 bits per heavy atom. The molecule has 2 aromatic carbocycles. The predicted octanol–water partition coefficient (Wildman–Crippen LogP) is 3.01. The summed E-state index contributed by atoms with van der Waals surface area (Å²) in [5.41, 5.74) is 2.92. The highest BCUT2D eigenvalue weighted by Gasteiger charge is 2.15. The number of aliphatic hydroxyl groups is 1. The van der Waals surface area contributed by atoms with E-state index in [1.165, 1.54) is 0 Å². The Morgan fingerprint density at radius 3 is 2.50 bits per heavy atom. The van der Waals surface area contributed by atoms with E-state index in [0.717, 1.165) is 16.9 Å². The highest BCUT2D eigenvalue weighted by atomic mass is 16.5. The fourth-order valence-corrected chi connectivity index (χ4v) is 2.97. The summed E-state index contributed by atoms with van der Waals surface area (Å²) in [6.45, 7) is 7.34. The molecule has 1 amide bonds. The number of ether oxygens (including phenoxy) is 2. The first-order valence-corrected chi connectivity index (χ1v) is 9.45. The van der Waals surface area contributed by atoms with Crippen molar-refractivity contribution in [2.24, 2.45) is 0 Å². The van der Waals surface area contributed by atoms with Gasteiger partial charge in [0.25, 0.3) is 0 Å². The van der Waals surface area contributed by atoms with Crippen LogP contribution in [0, 0.1) is 13.8 Å². The van der Waals surface area contributed by atoms with Crippen molar-refractivity contribution in [3.05, 3.63) is 53.6 Å². The molecule has 0 aliphatic carbocycles. The number of methoxy groups -OCH3 is 1. The van der Waals surface area contributed by atoms with Crippen LogP contribution in [0.5, 0.6) is 11.5 Å². The molecule has 0 heterocycles. The van der Waals surface area contributed by atoms with Gasteiger partial charge in [-0.2, -0.15) is 0 Å². The van der Waals surface area contributed by atoms with Crippen LogP contribution in [0.15, 0.2) is 42.5 Å². The first-order valence-electron chi connectivity index (χ1n) is 9.45. The molecule has 6 heteroatoms. The molecule has 0 radical (unpaired) electrons. The zero-order valence-corrected chi connectivity index (χ0v) is 17.1. The van der Waals surface area contributed by atoms with Crippen molar-refractivity contribution in [2.75, 3.05) is 38.7 Å². The minimum Gasteiger partial charge on any atom is -0.497 e. The molecule has 0 aliphatic heterocycles. The standard InChI is InChI=1S/C22H30N2O4/c1-5-24(14-22(26)23-18-7-6-8-20(12-18)27-4)13-19(25)15-28-21-10-16(2)9-17(3)11-21/h6-12,19,25H,5,13-15H2,1-4H3,(H,23,26). The van der Waals surface area contributed by atoms with E-state index >= 15 is 0 Å². The van der Waals surface area contributed by atoms with Crippen molar-refractivity contribution >= 4 is 11.6 Å². The third-order valence-electron chi connectivity index (χ3n) is 4.27. The molecule has 0 saturated carbocycles. The fourth-order valence-electron chi connectivity index (χ4n) is 2.97. The number of aliphatic hydroxyl groups excluding tert-OH is 1. The monoisotopic (exact) mass is 386 g/mol. The van der Waals surface area contributed by atoms with Crippen LogP contribution in [0.1, 0.15) is 18.1 Å². The lowest BCUT2D eigenvalue weighted by Crippen LogP contribution is -2.40. The molecule has 2 aromatic rings. The number of rotatable bonds is 10. The van der Waals surface area contributed by atoms with Gasteiger partial charge in [-0.05, 0) is 55.8 Å². The molecule has 2 rings (SSSR count). The molecule has 0 bridgehead atoms. The number of anilines is 1. The second-order valence-corrected chi connectivity index (χ2v) is 6.90. The summed E-state index contributed by atoms with van der Waals surface area (Å²) in [6.07, 6.45) is -0.689. The van der Waals surface area contributed by atoms with Gasteiger partial charge in [0, 0.05) is 18.3 Å². The molecule has 0 aromatic heterocycles. The van der Waals surface area contributed by atoms with E-state index in [0.29, 0.717) is 24.5 Å². The number of hydrogen-bond donors (Lipinski definition) is 2. The van der Waals surface area contributed by atoms with Gasteiger partial charge >= 0.3 is 0 Å². The fraction of sp³-hybridized carbons (Fsp3) is 0.409. The Balaban J connectivity index is 1.82. The van der Waals surface area contributed by atoms with Crippen LogP contribution in [0.4, 0.5) is 5.69 Å². The Bertz CT molecular complexity index is 759.